The number of hydrogen-bond donors (Lipinski definition) is 2. The van der Waals surface area contributed by atoms with Gasteiger partial charge in [-0.05, 0) is 48.2 Å². The molecule has 9 nitrogen and oxygen atoms in total. The highest BCUT2D eigenvalue weighted by Crippen LogP contribution is 2.33. The maximum Gasteiger partial charge on any atom is 0.291 e. The molecule has 158 valence electrons. The van der Waals surface area contributed by atoms with E-state index in [1.54, 1.807) is 18.2 Å². The summed E-state index contributed by atoms with van der Waals surface area (Å²) < 4.78 is 15.6. The summed E-state index contributed by atoms with van der Waals surface area (Å²) in [5.74, 6) is -1.78. The largest absolute Gasteiger partial charge is 0.548 e. The summed E-state index contributed by atoms with van der Waals surface area (Å²) >= 11 is 0. The number of carboxylic acids is 1. The number of carbonyl (C=O) groups excluding carboxylic acids is 3. The van der Waals surface area contributed by atoms with Crippen molar-refractivity contribution in [3.8, 4) is 11.5 Å². The summed E-state index contributed by atoms with van der Waals surface area (Å²) in [6.07, 6.45) is 2.91. The van der Waals surface area contributed by atoms with Gasteiger partial charge in [0, 0.05) is 0 Å². The molecule has 3 rings (SSSR count). The molecule has 2 amide bonds. The van der Waals surface area contributed by atoms with E-state index >= 15 is 0 Å². The number of ether oxygens (including phenoxy) is 2. The van der Waals surface area contributed by atoms with Crippen LogP contribution in [0.2, 0.25) is 0 Å². The molecule has 2 heterocycles. The Kier molecular flexibility index (Phi) is 6.41. The number of hydrogen-bond acceptors (Lipinski definition) is 7. The van der Waals surface area contributed by atoms with Crippen LogP contribution < -0.4 is 25.2 Å². The molecule has 1 atom stereocenters. The molecule has 1 aromatic carbocycles. The van der Waals surface area contributed by atoms with Crippen molar-refractivity contribution in [3.05, 3.63) is 53.6 Å². The highest BCUT2D eigenvalue weighted by atomic mass is 16.7. The molecule has 9 heteroatoms. The predicted octanol–water partition coefficient (Wildman–Crippen LogP) is 1.06. The van der Waals surface area contributed by atoms with Crippen LogP contribution in [-0.2, 0) is 9.59 Å². The van der Waals surface area contributed by atoms with E-state index in [0.717, 1.165) is 0 Å². The van der Waals surface area contributed by atoms with Crippen molar-refractivity contribution in [2.24, 2.45) is 5.92 Å². The predicted molar refractivity (Wildman–Crippen MR) is 103 cm³/mol. The van der Waals surface area contributed by atoms with Gasteiger partial charge in [0.15, 0.2) is 17.3 Å². The third-order valence-corrected chi connectivity index (χ3v) is 4.24. The Morgan fingerprint density at radius 2 is 1.93 bits per heavy atom. The van der Waals surface area contributed by atoms with Gasteiger partial charge in [-0.25, -0.2) is 0 Å². The molecule has 0 aliphatic carbocycles. The maximum atomic E-state index is 12.8. The molecule has 1 aliphatic heterocycles. The molecule has 0 saturated heterocycles. The number of benzene rings is 1. The van der Waals surface area contributed by atoms with Crippen LogP contribution in [0.25, 0.3) is 6.08 Å². The molecule has 0 unspecified atom stereocenters. The van der Waals surface area contributed by atoms with E-state index in [1.807, 2.05) is 13.8 Å². The van der Waals surface area contributed by atoms with E-state index in [1.165, 1.54) is 24.5 Å². The van der Waals surface area contributed by atoms with Gasteiger partial charge in [-0.15, -0.1) is 0 Å². The minimum absolute atomic E-state index is 0.00183. The second-order valence-electron chi connectivity index (χ2n) is 7.08. The lowest BCUT2D eigenvalue weighted by atomic mass is 10.0. The van der Waals surface area contributed by atoms with Crippen molar-refractivity contribution in [3.63, 3.8) is 0 Å². The molecular weight excluding hydrogens is 392 g/mol. The van der Waals surface area contributed by atoms with Crippen molar-refractivity contribution in [2.45, 2.75) is 26.3 Å². The molecule has 0 radical (unpaired) electrons. The van der Waals surface area contributed by atoms with Crippen molar-refractivity contribution < 1.29 is 33.4 Å². The number of aliphatic carboxylic acids is 1. The van der Waals surface area contributed by atoms with Crippen LogP contribution in [0, 0.1) is 5.92 Å². The van der Waals surface area contributed by atoms with Gasteiger partial charge in [0.2, 0.25) is 6.79 Å². The van der Waals surface area contributed by atoms with Crippen LogP contribution in [0.5, 0.6) is 11.5 Å². The second kappa shape index (κ2) is 9.17. The summed E-state index contributed by atoms with van der Waals surface area (Å²) in [5, 5.41) is 16.3. The Morgan fingerprint density at radius 1 is 1.17 bits per heavy atom. The quantitative estimate of drug-likeness (QED) is 0.619. The number of nitrogens with one attached hydrogen (secondary N) is 2. The molecule has 0 bridgehead atoms. The highest BCUT2D eigenvalue weighted by molar-refractivity contribution is 6.05. The third-order valence-electron chi connectivity index (χ3n) is 4.24. The van der Waals surface area contributed by atoms with Gasteiger partial charge in [0.05, 0.1) is 18.3 Å². The Bertz CT molecular complexity index is 964. The van der Waals surface area contributed by atoms with Crippen LogP contribution in [0.3, 0.4) is 0 Å². The van der Waals surface area contributed by atoms with Gasteiger partial charge in [0.25, 0.3) is 11.8 Å². The molecule has 2 aromatic rings. The van der Waals surface area contributed by atoms with E-state index in [2.05, 4.69) is 10.6 Å². The lowest BCUT2D eigenvalue weighted by Gasteiger charge is -2.22. The summed E-state index contributed by atoms with van der Waals surface area (Å²) in [4.78, 5) is 36.6. The average Bonchev–Trinajstić information content (AvgIpc) is 3.37. The van der Waals surface area contributed by atoms with Gasteiger partial charge in [0.1, 0.15) is 5.70 Å². The van der Waals surface area contributed by atoms with E-state index in [-0.39, 0.29) is 30.6 Å². The number of fused-ring (bicyclic) bond motifs is 1. The Labute approximate surface area is 172 Å². The first-order chi connectivity index (χ1) is 14.3. The highest BCUT2D eigenvalue weighted by Gasteiger charge is 2.21. The number of carbonyl (C=O) groups is 3. The van der Waals surface area contributed by atoms with Crippen molar-refractivity contribution >= 4 is 23.9 Å². The van der Waals surface area contributed by atoms with Crippen molar-refractivity contribution in [1.82, 2.24) is 10.6 Å². The van der Waals surface area contributed by atoms with Crippen molar-refractivity contribution in [1.29, 1.82) is 0 Å². The topological polar surface area (TPSA) is 130 Å². The molecule has 0 saturated carbocycles. The van der Waals surface area contributed by atoms with Gasteiger partial charge < -0.3 is 34.4 Å². The van der Waals surface area contributed by atoms with Gasteiger partial charge >= 0.3 is 0 Å². The van der Waals surface area contributed by atoms with Gasteiger partial charge in [-0.2, -0.15) is 0 Å². The smallest absolute Gasteiger partial charge is 0.291 e. The van der Waals surface area contributed by atoms with Crippen LogP contribution in [0.15, 0.2) is 46.7 Å². The maximum absolute atomic E-state index is 12.8. The Morgan fingerprint density at radius 3 is 2.60 bits per heavy atom. The van der Waals surface area contributed by atoms with E-state index in [0.29, 0.717) is 17.1 Å². The Balaban J connectivity index is 1.87. The molecular formula is C21H21N2O7-. The average molecular weight is 413 g/mol. The monoisotopic (exact) mass is 413 g/mol. The summed E-state index contributed by atoms with van der Waals surface area (Å²) in [6.45, 7) is 3.74. The lowest BCUT2D eigenvalue weighted by Crippen LogP contribution is -2.50. The SMILES string of the molecule is CC(C)C[C@@H](NC(=O)/C(=C\c1ccc2c(c1)OCO2)NC(=O)c1ccco1)C(=O)[O-]. The van der Waals surface area contributed by atoms with Crippen LogP contribution in [0.1, 0.15) is 36.4 Å². The zero-order valence-corrected chi connectivity index (χ0v) is 16.5. The molecule has 1 aliphatic rings. The molecule has 0 spiro atoms. The molecule has 30 heavy (non-hydrogen) atoms. The number of rotatable bonds is 8. The molecule has 2 N–H and O–H groups in total. The standard InChI is InChI=1S/C21H22N2O7/c1-12(2)8-15(21(26)27)23-19(24)14(22-20(25)17-4-3-7-28-17)9-13-5-6-16-18(10-13)30-11-29-16/h3-7,9-10,12,15H,8,11H2,1-2H3,(H,22,25)(H,23,24)(H,26,27)/p-1/b14-9+/t15-/m1/s1. The van der Waals surface area contributed by atoms with E-state index in [4.69, 9.17) is 13.9 Å². The van der Waals surface area contributed by atoms with Crippen LogP contribution >= 0.6 is 0 Å². The van der Waals surface area contributed by atoms with Crippen LogP contribution in [0.4, 0.5) is 0 Å². The summed E-state index contributed by atoms with van der Waals surface area (Å²) in [7, 11) is 0. The second-order valence-corrected chi connectivity index (χ2v) is 7.08. The molecule has 0 fully saturated rings. The fraction of sp³-hybridized carbons (Fsp3) is 0.286. The fourth-order valence-electron chi connectivity index (χ4n) is 2.84. The van der Waals surface area contributed by atoms with E-state index in [9.17, 15) is 19.5 Å². The van der Waals surface area contributed by atoms with Gasteiger partial charge in [-0.1, -0.05) is 19.9 Å². The minimum Gasteiger partial charge on any atom is -0.548 e. The number of furan rings is 1. The first-order valence-electron chi connectivity index (χ1n) is 9.31. The first-order valence-corrected chi connectivity index (χ1v) is 9.31. The number of carboxylic acid groups (broad SMARTS) is 1. The normalized spacial score (nSPS) is 13.8. The van der Waals surface area contributed by atoms with Crippen LogP contribution in [-0.4, -0.2) is 30.6 Å². The lowest BCUT2D eigenvalue weighted by molar-refractivity contribution is -0.308. The fourth-order valence-corrected chi connectivity index (χ4v) is 2.84. The van der Waals surface area contributed by atoms with Gasteiger partial charge in [-0.3, -0.25) is 9.59 Å². The third kappa shape index (κ3) is 5.19. The number of amides is 2. The zero-order chi connectivity index (χ0) is 21.7. The Hall–Kier alpha value is -3.75. The summed E-state index contributed by atoms with van der Waals surface area (Å²) in [5.41, 5.74) is 0.378. The van der Waals surface area contributed by atoms with Crippen molar-refractivity contribution in [2.75, 3.05) is 6.79 Å². The minimum atomic E-state index is -1.41. The molecule has 1 aromatic heterocycles. The summed E-state index contributed by atoms with van der Waals surface area (Å²) in [6, 6.07) is 6.74. The van der Waals surface area contributed by atoms with E-state index < -0.39 is 23.8 Å². The first kappa shape index (κ1) is 21.0. The zero-order valence-electron chi connectivity index (χ0n) is 16.5.